The van der Waals surface area contributed by atoms with Crippen molar-refractivity contribution in [3.05, 3.63) is 71.7 Å². The molecule has 36 heavy (non-hydrogen) atoms. The number of amides is 1. The third kappa shape index (κ3) is 5.14. The summed E-state index contributed by atoms with van der Waals surface area (Å²) < 4.78 is 6.00. The third-order valence-electron chi connectivity index (χ3n) is 5.85. The lowest BCUT2D eigenvalue weighted by Crippen LogP contribution is -2.25. The number of ether oxygens (including phenoxy) is 1. The quantitative estimate of drug-likeness (QED) is 0.272. The molecule has 0 bridgehead atoms. The Labute approximate surface area is 207 Å². The largest absolute Gasteiger partial charge is 0.491 e. The molecule has 4 aromatic rings. The number of H-pyrrole nitrogens is 1. The Hall–Kier alpha value is -4.40. The first-order valence-electron chi connectivity index (χ1n) is 11.9. The number of aromatic nitrogens is 3. The Morgan fingerprint density at radius 1 is 1.19 bits per heavy atom. The van der Waals surface area contributed by atoms with Gasteiger partial charge in [-0.15, -0.1) is 0 Å². The van der Waals surface area contributed by atoms with Crippen LogP contribution in [0.3, 0.4) is 0 Å². The van der Waals surface area contributed by atoms with Crippen molar-refractivity contribution in [3.63, 3.8) is 0 Å². The summed E-state index contributed by atoms with van der Waals surface area (Å²) in [4.78, 5) is 36.0. The molecule has 3 heterocycles. The fourth-order valence-corrected chi connectivity index (χ4v) is 4.03. The maximum Gasteiger partial charge on any atom is 0.339 e. The number of carboxylic acids is 1. The predicted octanol–water partition coefficient (Wildman–Crippen LogP) is 4.61. The number of pyridine rings is 2. The van der Waals surface area contributed by atoms with Gasteiger partial charge in [0.05, 0.1) is 11.7 Å². The van der Waals surface area contributed by atoms with Crippen LogP contribution in [-0.2, 0) is 6.54 Å². The number of benzene rings is 1. The second-order valence-electron chi connectivity index (χ2n) is 9.16. The van der Waals surface area contributed by atoms with Gasteiger partial charge in [-0.05, 0) is 74.2 Å². The number of carboxylic acid groups (broad SMARTS) is 1. The second-order valence-corrected chi connectivity index (χ2v) is 9.16. The minimum atomic E-state index is -1.05. The van der Waals surface area contributed by atoms with Gasteiger partial charge in [0.1, 0.15) is 22.8 Å². The summed E-state index contributed by atoms with van der Waals surface area (Å²) >= 11 is 0. The normalized spacial score (nSPS) is 13.1. The van der Waals surface area contributed by atoms with Crippen LogP contribution in [0.1, 0.15) is 53.0 Å². The second kappa shape index (κ2) is 9.69. The molecule has 9 nitrogen and oxygen atoms in total. The van der Waals surface area contributed by atoms with E-state index in [2.05, 4.69) is 25.6 Å². The Morgan fingerprint density at radius 3 is 2.78 bits per heavy atom. The molecule has 5 rings (SSSR count). The molecule has 1 aliphatic carbocycles. The maximum absolute atomic E-state index is 12.6. The highest BCUT2D eigenvalue weighted by atomic mass is 16.5. The molecule has 3 aromatic heterocycles. The lowest BCUT2D eigenvalue weighted by Gasteiger charge is -2.15. The van der Waals surface area contributed by atoms with E-state index in [-0.39, 0.29) is 23.6 Å². The highest BCUT2D eigenvalue weighted by Gasteiger charge is 2.24. The van der Waals surface area contributed by atoms with Crippen molar-refractivity contribution < 1.29 is 19.4 Å². The summed E-state index contributed by atoms with van der Waals surface area (Å²) in [5, 5.41) is 16.4. The highest BCUT2D eigenvalue weighted by molar-refractivity contribution is 6.01. The van der Waals surface area contributed by atoms with E-state index in [9.17, 15) is 14.7 Å². The van der Waals surface area contributed by atoms with Gasteiger partial charge in [-0.25, -0.2) is 14.8 Å². The van der Waals surface area contributed by atoms with Crippen LogP contribution in [0.5, 0.6) is 5.75 Å². The van der Waals surface area contributed by atoms with E-state index in [1.165, 1.54) is 6.07 Å². The Kier molecular flexibility index (Phi) is 6.28. The molecule has 1 aromatic carbocycles. The van der Waals surface area contributed by atoms with Crippen LogP contribution in [0.2, 0.25) is 0 Å². The first kappa shape index (κ1) is 23.3. The van der Waals surface area contributed by atoms with Crippen molar-refractivity contribution in [2.45, 2.75) is 45.4 Å². The van der Waals surface area contributed by atoms with Gasteiger partial charge in [-0.3, -0.25) is 4.79 Å². The topological polar surface area (TPSA) is 129 Å². The summed E-state index contributed by atoms with van der Waals surface area (Å²) in [7, 11) is 0. The van der Waals surface area contributed by atoms with Crippen molar-refractivity contribution in [1.29, 1.82) is 0 Å². The van der Waals surface area contributed by atoms with Crippen molar-refractivity contribution in [2.75, 3.05) is 5.32 Å². The van der Waals surface area contributed by atoms with Crippen molar-refractivity contribution in [3.8, 4) is 16.9 Å². The fourth-order valence-electron chi connectivity index (χ4n) is 4.03. The van der Waals surface area contributed by atoms with Gasteiger partial charge in [0.25, 0.3) is 5.91 Å². The molecule has 0 saturated heterocycles. The van der Waals surface area contributed by atoms with Crippen LogP contribution < -0.4 is 15.4 Å². The van der Waals surface area contributed by atoms with Crippen molar-refractivity contribution in [2.24, 2.45) is 0 Å². The average molecular weight is 486 g/mol. The van der Waals surface area contributed by atoms with Gasteiger partial charge >= 0.3 is 5.97 Å². The summed E-state index contributed by atoms with van der Waals surface area (Å²) in [5.41, 5.74) is 3.96. The number of hydrogen-bond acceptors (Lipinski definition) is 6. The van der Waals surface area contributed by atoms with E-state index in [1.54, 1.807) is 18.5 Å². The molecule has 0 spiro atoms. The number of aromatic carboxylic acids is 1. The standard InChI is InChI=1S/C27H27N5O4/c1-15(2)36-20-9-16(12-29-24-21(27(34)35)4-3-7-28-24)8-17(10-20)23-14-31-25-22(23)11-18(13-30-25)26(33)32-19-5-6-19/h3-4,7-11,13-15,19H,5-6,12H2,1-2H3,(H,28,29)(H,30,31)(H,32,33)(H,34,35). The SMILES string of the molecule is CC(C)Oc1cc(CNc2ncccc2C(=O)O)cc(-c2c[nH]c3ncc(C(=O)NC4CC4)cc23)c1. The molecule has 0 aliphatic heterocycles. The molecule has 1 fully saturated rings. The van der Waals surface area contributed by atoms with Gasteiger partial charge in [-0.2, -0.15) is 0 Å². The summed E-state index contributed by atoms with van der Waals surface area (Å²) in [5.74, 6) is -0.186. The van der Waals surface area contributed by atoms with Crippen LogP contribution >= 0.6 is 0 Å². The molecule has 1 saturated carbocycles. The number of aromatic amines is 1. The van der Waals surface area contributed by atoms with Crippen LogP contribution in [-0.4, -0.2) is 44.1 Å². The molecule has 0 radical (unpaired) electrons. The monoisotopic (exact) mass is 485 g/mol. The lowest BCUT2D eigenvalue weighted by atomic mass is 10.0. The lowest BCUT2D eigenvalue weighted by molar-refractivity contribution is 0.0697. The number of carbonyl (C=O) groups excluding carboxylic acids is 1. The molecular weight excluding hydrogens is 458 g/mol. The maximum atomic E-state index is 12.6. The molecule has 9 heteroatoms. The molecule has 1 aliphatic rings. The van der Waals surface area contributed by atoms with E-state index in [4.69, 9.17) is 4.74 Å². The van der Waals surface area contributed by atoms with Gasteiger partial charge < -0.3 is 25.5 Å². The Balaban J connectivity index is 1.49. The first-order chi connectivity index (χ1) is 17.4. The Morgan fingerprint density at radius 2 is 2.03 bits per heavy atom. The third-order valence-corrected chi connectivity index (χ3v) is 5.85. The minimum absolute atomic E-state index is 0.0298. The van der Waals surface area contributed by atoms with Crippen LogP contribution in [0.15, 0.2) is 55.0 Å². The molecule has 4 N–H and O–H groups in total. The molecule has 0 unspecified atom stereocenters. The van der Waals surface area contributed by atoms with Crippen LogP contribution in [0.25, 0.3) is 22.2 Å². The minimum Gasteiger partial charge on any atom is -0.491 e. The number of hydrogen-bond donors (Lipinski definition) is 4. The van der Waals surface area contributed by atoms with E-state index in [1.807, 2.05) is 44.3 Å². The highest BCUT2D eigenvalue weighted by Crippen LogP contribution is 2.33. The number of rotatable bonds is 9. The van der Waals surface area contributed by atoms with Gasteiger partial charge in [0, 0.05) is 42.1 Å². The van der Waals surface area contributed by atoms with Crippen molar-refractivity contribution in [1.82, 2.24) is 20.3 Å². The zero-order chi connectivity index (χ0) is 25.2. The van der Waals surface area contributed by atoms with Gasteiger partial charge in [0.2, 0.25) is 0 Å². The number of anilines is 1. The summed E-state index contributed by atoms with van der Waals surface area (Å²) in [6.45, 7) is 4.26. The average Bonchev–Trinajstić information content (AvgIpc) is 3.56. The predicted molar refractivity (Wildman–Crippen MR) is 136 cm³/mol. The van der Waals surface area contributed by atoms with Crippen LogP contribution in [0.4, 0.5) is 5.82 Å². The fraction of sp³-hybridized carbons (Fsp3) is 0.259. The van der Waals surface area contributed by atoms with E-state index in [0.717, 1.165) is 34.9 Å². The number of carbonyl (C=O) groups is 2. The molecule has 184 valence electrons. The van der Waals surface area contributed by atoms with Gasteiger partial charge in [0.15, 0.2) is 0 Å². The zero-order valence-electron chi connectivity index (χ0n) is 20.0. The smallest absolute Gasteiger partial charge is 0.339 e. The zero-order valence-corrected chi connectivity index (χ0v) is 20.0. The van der Waals surface area contributed by atoms with Crippen molar-refractivity contribution >= 4 is 28.7 Å². The summed E-state index contributed by atoms with van der Waals surface area (Å²) in [6, 6.07) is 11.1. The molecule has 0 atom stereocenters. The van der Waals surface area contributed by atoms with Crippen LogP contribution in [0, 0.1) is 0 Å². The summed E-state index contributed by atoms with van der Waals surface area (Å²) in [6.07, 6.45) is 7.01. The van der Waals surface area contributed by atoms with E-state index < -0.39 is 5.97 Å². The Bertz CT molecular complexity index is 1440. The first-order valence-corrected chi connectivity index (χ1v) is 11.9. The number of fused-ring (bicyclic) bond motifs is 1. The van der Waals surface area contributed by atoms with E-state index >= 15 is 0 Å². The molecular formula is C27H27N5O4. The number of nitrogens with one attached hydrogen (secondary N) is 3. The van der Waals surface area contributed by atoms with Gasteiger partial charge in [-0.1, -0.05) is 0 Å². The van der Waals surface area contributed by atoms with E-state index in [0.29, 0.717) is 29.3 Å². The molecule has 1 amide bonds. The number of nitrogens with zero attached hydrogens (tertiary/aromatic N) is 2.